The zero-order chi connectivity index (χ0) is 17.9. The quantitative estimate of drug-likeness (QED) is 0.500. The highest BCUT2D eigenvalue weighted by molar-refractivity contribution is 9.10. The number of hydrogen-bond donors (Lipinski definition) is 1. The smallest absolute Gasteiger partial charge is 0.271 e. The first-order valence-corrected chi connectivity index (χ1v) is 10.2. The molecule has 0 aromatic carbocycles. The number of aromatic nitrogens is 4. The van der Waals surface area contributed by atoms with E-state index in [1.54, 1.807) is 33.8 Å². The van der Waals surface area contributed by atoms with Gasteiger partial charge in [0, 0.05) is 40.4 Å². The number of amides is 1. The van der Waals surface area contributed by atoms with E-state index >= 15 is 0 Å². The molecular weight excluding hydrogens is 434 g/mol. The first-order valence-electron chi connectivity index (χ1n) is 7.62. The monoisotopic (exact) mass is 445 g/mol. The minimum atomic E-state index is -0.194. The maximum absolute atomic E-state index is 12.4. The van der Waals surface area contributed by atoms with Gasteiger partial charge in [0.1, 0.15) is 10.7 Å². The van der Waals surface area contributed by atoms with Crippen LogP contribution in [0.2, 0.25) is 0 Å². The normalized spacial score (nSPS) is 10.8. The second-order valence-electron chi connectivity index (χ2n) is 5.32. The summed E-state index contributed by atoms with van der Waals surface area (Å²) < 4.78 is 2.70. The van der Waals surface area contributed by atoms with Gasteiger partial charge in [-0.25, -0.2) is 14.6 Å². The number of carbonyl (C=O) groups is 1. The van der Waals surface area contributed by atoms with E-state index in [1.807, 2.05) is 35.8 Å². The first-order chi connectivity index (χ1) is 12.7. The largest absolute Gasteiger partial charge is 0.347 e. The zero-order valence-electron chi connectivity index (χ0n) is 13.3. The van der Waals surface area contributed by atoms with Crippen LogP contribution in [-0.2, 0) is 6.54 Å². The summed E-state index contributed by atoms with van der Waals surface area (Å²) in [5.74, 6) is 0.515. The Morgan fingerprint density at radius 1 is 1.23 bits per heavy atom. The van der Waals surface area contributed by atoms with E-state index in [0.29, 0.717) is 18.1 Å². The molecule has 0 fully saturated rings. The number of thiazole rings is 1. The molecule has 6 nitrogen and oxygen atoms in total. The van der Waals surface area contributed by atoms with Gasteiger partial charge in [0.2, 0.25) is 0 Å². The topological polar surface area (TPSA) is 72.7 Å². The predicted molar refractivity (Wildman–Crippen MR) is 106 cm³/mol. The summed E-state index contributed by atoms with van der Waals surface area (Å²) >= 11 is 6.49. The van der Waals surface area contributed by atoms with E-state index in [-0.39, 0.29) is 5.91 Å². The van der Waals surface area contributed by atoms with Crippen LogP contribution in [0, 0.1) is 0 Å². The Morgan fingerprint density at radius 2 is 2.15 bits per heavy atom. The zero-order valence-corrected chi connectivity index (χ0v) is 16.5. The number of carbonyl (C=O) groups excluding carboxylic acids is 1. The number of pyridine rings is 1. The Kier molecular flexibility index (Phi) is 4.91. The molecule has 0 unspecified atom stereocenters. The number of nitrogens with zero attached hydrogens (tertiary/aromatic N) is 4. The third-order valence-electron chi connectivity index (χ3n) is 3.52. The van der Waals surface area contributed by atoms with Gasteiger partial charge in [-0.3, -0.25) is 4.79 Å². The number of rotatable bonds is 5. The molecule has 0 saturated heterocycles. The second kappa shape index (κ2) is 7.48. The van der Waals surface area contributed by atoms with E-state index in [0.717, 1.165) is 19.9 Å². The van der Waals surface area contributed by atoms with Crippen molar-refractivity contribution in [2.24, 2.45) is 0 Å². The predicted octanol–water partition coefficient (Wildman–Crippen LogP) is 4.14. The van der Waals surface area contributed by atoms with Crippen LogP contribution >= 0.6 is 38.6 Å². The van der Waals surface area contributed by atoms with Crippen LogP contribution in [0.5, 0.6) is 0 Å². The van der Waals surface area contributed by atoms with Gasteiger partial charge in [-0.15, -0.1) is 22.7 Å². The summed E-state index contributed by atoms with van der Waals surface area (Å²) in [6.45, 7) is 0.396. The molecule has 4 aromatic heterocycles. The third-order valence-corrected chi connectivity index (χ3v) is 6.22. The van der Waals surface area contributed by atoms with Gasteiger partial charge in [0.05, 0.1) is 4.88 Å². The van der Waals surface area contributed by atoms with Crippen LogP contribution in [0.4, 0.5) is 0 Å². The number of thiophene rings is 1. The summed E-state index contributed by atoms with van der Waals surface area (Å²) in [4.78, 5) is 22.1. The maximum Gasteiger partial charge on any atom is 0.271 e. The van der Waals surface area contributed by atoms with E-state index in [2.05, 4.69) is 36.3 Å². The molecule has 0 atom stereocenters. The van der Waals surface area contributed by atoms with Gasteiger partial charge in [0.25, 0.3) is 5.91 Å². The summed E-state index contributed by atoms with van der Waals surface area (Å²) in [7, 11) is 0. The van der Waals surface area contributed by atoms with Crippen LogP contribution in [0.25, 0.3) is 15.7 Å². The van der Waals surface area contributed by atoms with Gasteiger partial charge in [-0.1, -0.05) is 0 Å². The minimum absolute atomic E-state index is 0.194. The summed E-state index contributed by atoms with van der Waals surface area (Å²) in [6.07, 6.45) is 5.22. The standard InChI is InChI=1S/C17H12BrN5OS2/c18-12-7-14(25-9-12)17-22-13(10-26-17)16(24)20-8-11-2-4-19-15(6-11)23-5-1-3-21-23/h1-7,9-10H,8H2,(H,20,24). The van der Waals surface area contributed by atoms with Crippen molar-refractivity contribution in [2.45, 2.75) is 6.54 Å². The van der Waals surface area contributed by atoms with Crippen LogP contribution in [0.3, 0.4) is 0 Å². The van der Waals surface area contributed by atoms with Gasteiger partial charge in [0.15, 0.2) is 5.82 Å². The van der Waals surface area contributed by atoms with E-state index < -0.39 is 0 Å². The van der Waals surface area contributed by atoms with E-state index in [1.165, 1.54) is 11.3 Å². The first kappa shape index (κ1) is 17.1. The molecule has 0 bridgehead atoms. The fourth-order valence-electron chi connectivity index (χ4n) is 2.29. The van der Waals surface area contributed by atoms with Crippen molar-refractivity contribution >= 4 is 44.5 Å². The molecule has 1 N–H and O–H groups in total. The fraction of sp³-hybridized carbons (Fsp3) is 0.0588. The second-order valence-corrected chi connectivity index (χ2v) is 8.01. The number of hydrogen-bond acceptors (Lipinski definition) is 6. The molecule has 0 radical (unpaired) electrons. The molecule has 9 heteroatoms. The fourth-order valence-corrected chi connectivity index (χ4v) is 4.60. The SMILES string of the molecule is O=C(NCc1ccnc(-n2cccn2)c1)c1csc(-c2cc(Br)cs2)n1. The van der Waals surface area contributed by atoms with Gasteiger partial charge < -0.3 is 5.32 Å². The number of nitrogens with one attached hydrogen (secondary N) is 1. The van der Waals surface area contributed by atoms with Gasteiger partial charge in [-0.05, 0) is 45.8 Å². The Morgan fingerprint density at radius 3 is 2.92 bits per heavy atom. The molecule has 130 valence electrons. The highest BCUT2D eigenvalue weighted by Gasteiger charge is 2.13. The Labute approximate surface area is 165 Å². The highest BCUT2D eigenvalue weighted by Crippen LogP contribution is 2.31. The van der Waals surface area contributed by atoms with Crippen molar-refractivity contribution in [3.63, 3.8) is 0 Å². The molecule has 26 heavy (non-hydrogen) atoms. The van der Waals surface area contributed by atoms with Gasteiger partial charge >= 0.3 is 0 Å². The Balaban J connectivity index is 1.43. The molecule has 0 aliphatic rings. The third kappa shape index (κ3) is 3.74. The van der Waals surface area contributed by atoms with Crippen molar-refractivity contribution in [3.05, 3.63) is 69.3 Å². The molecule has 0 saturated carbocycles. The average Bonchev–Trinajstić information content (AvgIpc) is 3.40. The number of halogens is 1. The van der Waals surface area contributed by atoms with E-state index in [9.17, 15) is 4.79 Å². The Bertz CT molecular complexity index is 1040. The maximum atomic E-state index is 12.4. The molecule has 0 spiro atoms. The summed E-state index contributed by atoms with van der Waals surface area (Å²) in [5.41, 5.74) is 1.37. The molecule has 0 aliphatic heterocycles. The molecule has 4 aromatic rings. The lowest BCUT2D eigenvalue weighted by molar-refractivity contribution is 0.0946. The van der Waals surface area contributed by atoms with Crippen LogP contribution in [0.1, 0.15) is 16.1 Å². The van der Waals surface area contributed by atoms with Crippen molar-refractivity contribution in [1.82, 2.24) is 25.1 Å². The van der Waals surface area contributed by atoms with Crippen molar-refractivity contribution < 1.29 is 4.79 Å². The molecular formula is C17H12BrN5OS2. The lowest BCUT2D eigenvalue weighted by Crippen LogP contribution is -2.23. The highest BCUT2D eigenvalue weighted by atomic mass is 79.9. The molecule has 4 rings (SSSR count). The summed E-state index contributed by atoms with van der Waals surface area (Å²) in [6, 6.07) is 7.59. The Hall–Kier alpha value is -2.36. The van der Waals surface area contributed by atoms with Crippen molar-refractivity contribution in [1.29, 1.82) is 0 Å². The minimum Gasteiger partial charge on any atom is -0.347 e. The lowest BCUT2D eigenvalue weighted by atomic mass is 10.2. The van der Waals surface area contributed by atoms with Crippen LogP contribution in [0.15, 0.2) is 58.1 Å². The van der Waals surface area contributed by atoms with Crippen molar-refractivity contribution in [2.75, 3.05) is 0 Å². The van der Waals surface area contributed by atoms with E-state index in [4.69, 9.17) is 0 Å². The summed E-state index contributed by atoms with van der Waals surface area (Å²) in [5, 5.41) is 11.7. The van der Waals surface area contributed by atoms with Crippen LogP contribution in [-0.4, -0.2) is 25.7 Å². The molecule has 4 heterocycles. The van der Waals surface area contributed by atoms with Crippen molar-refractivity contribution in [3.8, 4) is 15.7 Å². The van der Waals surface area contributed by atoms with Gasteiger partial charge in [-0.2, -0.15) is 5.10 Å². The lowest BCUT2D eigenvalue weighted by Gasteiger charge is -2.06. The molecule has 0 aliphatic carbocycles. The van der Waals surface area contributed by atoms with Crippen LogP contribution < -0.4 is 5.32 Å². The average molecular weight is 446 g/mol. The molecule has 1 amide bonds.